The van der Waals surface area contributed by atoms with E-state index in [2.05, 4.69) is 4.72 Å². The van der Waals surface area contributed by atoms with Crippen LogP contribution in [0.1, 0.15) is 12.5 Å². The molecule has 0 amide bonds. The number of rotatable bonds is 5. The Morgan fingerprint density at radius 3 is 2.40 bits per heavy atom. The number of ether oxygens (including phenoxy) is 1. The van der Waals surface area contributed by atoms with Gasteiger partial charge in [0, 0.05) is 0 Å². The van der Waals surface area contributed by atoms with Crippen LogP contribution in [0.25, 0.3) is 0 Å². The molecule has 0 aliphatic rings. The average Bonchev–Trinajstić information content (AvgIpc) is 2.48. The van der Waals surface area contributed by atoms with E-state index in [0.717, 1.165) is 12.0 Å². The van der Waals surface area contributed by atoms with Crippen LogP contribution < -0.4 is 9.46 Å². The minimum absolute atomic E-state index is 0.224. The van der Waals surface area contributed by atoms with Gasteiger partial charge in [-0.2, -0.15) is 0 Å². The van der Waals surface area contributed by atoms with E-state index in [9.17, 15) is 8.42 Å². The molecule has 0 aliphatic heterocycles. The van der Waals surface area contributed by atoms with Crippen LogP contribution in [0.4, 0.5) is 5.69 Å². The second kappa shape index (κ2) is 5.96. The van der Waals surface area contributed by atoms with Crippen molar-refractivity contribution in [3.05, 3.63) is 54.1 Å². The molecule has 0 bridgehead atoms. The maximum atomic E-state index is 12.3. The van der Waals surface area contributed by atoms with E-state index < -0.39 is 10.0 Å². The highest BCUT2D eigenvalue weighted by Gasteiger charge is 2.16. The Kier molecular flexibility index (Phi) is 4.29. The lowest BCUT2D eigenvalue weighted by atomic mass is 10.1. The van der Waals surface area contributed by atoms with Crippen LogP contribution in [0.3, 0.4) is 0 Å². The number of nitrogens with one attached hydrogen (secondary N) is 1. The molecule has 2 rings (SSSR count). The van der Waals surface area contributed by atoms with Crippen molar-refractivity contribution in [3.63, 3.8) is 0 Å². The smallest absolute Gasteiger partial charge is 0.262 e. The Bertz CT molecular complexity index is 682. The summed E-state index contributed by atoms with van der Waals surface area (Å²) < 4.78 is 32.3. The second-order valence-corrected chi connectivity index (χ2v) is 5.99. The highest BCUT2D eigenvalue weighted by Crippen LogP contribution is 2.28. The Morgan fingerprint density at radius 1 is 1.10 bits per heavy atom. The predicted octanol–water partition coefficient (Wildman–Crippen LogP) is 3.06. The molecule has 0 fully saturated rings. The molecule has 0 aromatic heterocycles. The molecule has 0 unspecified atom stereocenters. The summed E-state index contributed by atoms with van der Waals surface area (Å²) >= 11 is 0. The zero-order valence-corrected chi connectivity index (χ0v) is 12.3. The fourth-order valence-electron chi connectivity index (χ4n) is 1.84. The average molecular weight is 291 g/mol. The monoisotopic (exact) mass is 291 g/mol. The lowest BCUT2D eigenvalue weighted by Crippen LogP contribution is -2.13. The summed E-state index contributed by atoms with van der Waals surface area (Å²) in [5, 5.41) is 0. The van der Waals surface area contributed by atoms with Crippen molar-refractivity contribution >= 4 is 15.7 Å². The van der Waals surface area contributed by atoms with Gasteiger partial charge >= 0.3 is 0 Å². The number of anilines is 1. The highest BCUT2D eigenvalue weighted by atomic mass is 32.2. The number of aryl methyl sites for hydroxylation is 1. The molecule has 0 heterocycles. The fourth-order valence-corrected chi connectivity index (χ4v) is 2.93. The van der Waals surface area contributed by atoms with Gasteiger partial charge in [-0.15, -0.1) is 0 Å². The zero-order valence-electron chi connectivity index (χ0n) is 11.5. The van der Waals surface area contributed by atoms with Crippen molar-refractivity contribution in [2.24, 2.45) is 0 Å². The molecule has 0 saturated heterocycles. The second-order valence-electron chi connectivity index (χ2n) is 4.31. The summed E-state index contributed by atoms with van der Waals surface area (Å²) in [5.41, 5.74) is 1.53. The van der Waals surface area contributed by atoms with Crippen LogP contribution in [-0.4, -0.2) is 15.5 Å². The molecular weight excluding hydrogens is 274 g/mol. The molecule has 20 heavy (non-hydrogen) atoms. The predicted molar refractivity (Wildman–Crippen MR) is 79.6 cm³/mol. The van der Waals surface area contributed by atoms with Crippen molar-refractivity contribution in [3.8, 4) is 5.75 Å². The summed E-state index contributed by atoms with van der Waals surface area (Å²) in [6.07, 6.45) is 0.863. The Morgan fingerprint density at radius 2 is 1.80 bits per heavy atom. The summed E-state index contributed by atoms with van der Waals surface area (Å²) in [5.74, 6) is 0.517. The van der Waals surface area contributed by atoms with E-state index in [1.165, 1.54) is 7.11 Å². The van der Waals surface area contributed by atoms with Crippen LogP contribution in [0.2, 0.25) is 0 Å². The molecule has 0 radical (unpaired) electrons. The van der Waals surface area contributed by atoms with E-state index in [1.807, 2.05) is 19.1 Å². The third-order valence-corrected chi connectivity index (χ3v) is 4.35. The molecule has 0 atom stereocenters. The third kappa shape index (κ3) is 3.11. The zero-order chi connectivity index (χ0) is 14.6. The number of sulfonamides is 1. The largest absolute Gasteiger partial charge is 0.495 e. The Balaban J connectivity index is 2.35. The first-order valence-electron chi connectivity index (χ1n) is 6.31. The normalized spacial score (nSPS) is 11.1. The first-order chi connectivity index (χ1) is 9.56. The lowest BCUT2D eigenvalue weighted by Gasteiger charge is -2.13. The topological polar surface area (TPSA) is 55.4 Å². The summed E-state index contributed by atoms with van der Waals surface area (Å²) in [7, 11) is -2.07. The first-order valence-corrected chi connectivity index (χ1v) is 7.80. The molecule has 4 nitrogen and oxygen atoms in total. The summed E-state index contributed by atoms with van der Waals surface area (Å²) in [6.45, 7) is 2.03. The van der Waals surface area contributed by atoms with Gasteiger partial charge in [-0.25, -0.2) is 8.42 Å². The van der Waals surface area contributed by atoms with E-state index in [0.29, 0.717) is 11.4 Å². The van der Waals surface area contributed by atoms with E-state index >= 15 is 0 Å². The first kappa shape index (κ1) is 14.4. The molecule has 1 N–H and O–H groups in total. The van der Waals surface area contributed by atoms with Gasteiger partial charge in [0.25, 0.3) is 10.0 Å². The highest BCUT2D eigenvalue weighted by molar-refractivity contribution is 7.92. The van der Waals surface area contributed by atoms with E-state index in [-0.39, 0.29) is 4.90 Å². The van der Waals surface area contributed by atoms with Gasteiger partial charge in [0.2, 0.25) is 0 Å². The van der Waals surface area contributed by atoms with Crippen molar-refractivity contribution in [2.45, 2.75) is 18.2 Å². The maximum Gasteiger partial charge on any atom is 0.262 e. The number of hydrogen-bond acceptors (Lipinski definition) is 3. The van der Waals surface area contributed by atoms with Gasteiger partial charge in [0.1, 0.15) is 5.75 Å². The van der Waals surface area contributed by atoms with Crippen molar-refractivity contribution < 1.29 is 13.2 Å². The lowest BCUT2D eigenvalue weighted by molar-refractivity contribution is 0.416. The maximum absolute atomic E-state index is 12.3. The van der Waals surface area contributed by atoms with Gasteiger partial charge in [-0.05, 0) is 36.2 Å². The minimum Gasteiger partial charge on any atom is -0.495 e. The molecule has 0 aliphatic carbocycles. The van der Waals surface area contributed by atoms with Crippen molar-refractivity contribution in [1.82, 2.24) is 0 Å². The molecule has 5 heteroatoms. The SMILES string of the molecule is CCc1ccc(NS(=O)(=O)c2ccccc2)c(OC)c1. The van der Waals surface area contributed by atoms with Gasteiger partial charge in [-0.3, -0.25) is 4.72 Å². The molecule has 2 aromatic rings. The van der Waals surface area contributed by atoms with Crippen molar-refractivity contribution in [2.75, 3.05) is 11.8 Å². The molecule has 0 spiro atoms. The van der Waals surface area contributed by atoms with E-state index in [1.54, 1.807) is 36.4 Å². The number of benzene rings is 2. The fraction of sp³-hybridized carbons (Fsp3) is 0.200. The van der Waals surface area contributed by atoms with E-state index in [4.69, 9.17) is 4.74 Å². The van der Waals surface area contributed by atoms with Gasteiger partial charge in [0.15, 0.2) is 0 Å². The van der Waals surface area contributed by atoms with Crippen LogP contribution in [0, 0.1) is 0 Å². The number of methoxy groups -OCH3 is 1. The molecular formula is C15H17NO3S. The minimum atomic E-state index is -3.60. The molecule has 0 saturated carbocycles. The van der Waals surface area contributed by atoms with Crippen LogP contribution in [-0.2, 0) is 16.4 Å². The van der Waals surface area contributed by atoms with Gasteiger partial charge in [-0.1, -0.05) is 31.2 Å². The molecule has 2 aromatic carbocycles. The standard InChI is InChI=1S/C15H17NO3S/c1-3-12-9-10-14(15(11-12)19-2)16-20(17,18)13-7-5-4-6-8-13/h4-11,16H,3H2,1-2H3. The van der Waals surface area contributed by atoms with Gasteiger partial charge in [0.05, 0.1) is 17.7 Å². The molecule has 106 valence electrons. The third-order valence-electron chi connectivity index (χ3n) is 2.97. The van der Waals surface area contributed by atoms with Crippen LogP contribution in [0.5, 0.6) is 5.75 Å². The quantitative estimate of drug-likeness (QED) is 0.921. The Hall–Kier alpha value is -2.01. The van der Waals surface area contributed by atoms with Crippen molar-refractivity contribution in [1.29, 1.82) is 0 Å². The van der Waals surface area contributed by atoms with Crippen LogP contribution >= 0.6 is 0 Å². The summed E-state index contributed by atoms with van der Waals surface area (Å²) in [4.78, 5) is 0.224. The number of hydrogen-bond donors (Lipinski definition) is 1. The van der Waals surface area contributed by atoms with Crippen LogP contribution in [0.15, 0.2) is 53.4 Å². The van der Waals surface area contributed by atoms with Gasteiger partial charge < -0.3 is 4.74 Å². The Labute approximate surface area is 119 Å². The summed E-state index contributed by atoms with van der Waals surface area (Å²) in [6, 6.07) is 13.7.